The number of aromatic nitrogens is 1. The molecule has 35 heavy (non-hydrogen) atoms. The molecule has 0 aliphatic carbocycles. The van der Waals surface area contributed by atoms with Crippen molar-refractivity contribution < 1.29 is 4.79 Å². The lowest BCUT2D eigenvalue weighted by Crippen LogP contribution is -2.50. The van der Waals surface area contributed by atoms with Gasteiger partial charge in [0.1, 0.15) is 5.82 Å². The molecule has 1 aromatic heterocycles. The first-order valence-corrected chi connectivity index (χ1v) is 12.2. The molecule has 0 atom stereocenters. The highest BCUT2D eigenvalue weighted by atomic mass is 35.5. The number of anilines is 5. The highest BCUT2D eigenvalue weighted by Gasteiger charge is 2.39. The molecule has 0 spiro atoms. The molecule has 1 amide bonds. The molecule has 1 fully saturated rings. The second-order valence-corrected chi connectivity index (χ2v) is 9.38. The number of amides is 1. The molecule has 9 heteroatoms. The van der Waals surface area contributed by atoms with Gasteiger partial charge < -0.3 is 20.0 Å². The summed E-state index contributed by atoms with van der Waals surface area (Å²) in [6, 6.07) is 17.7. The van der Waals surface area contributed by atoms with Crippen LogP contribution >= 0.6 is 11.6 Å². The molecule has 3 aliphatic heterocycles. The Labute approximate surface area is 209 Å². The average Bonchev–Trinajstić information content (AvgIpc) is 3.36. The summed E-state index contributed by atoms with van der Waals surface area (Å²) in [7, 11) is 2.16. The number of hydrogen-bond acceptors (Lipinski definition) is 7. The van der Waals surface area contributed by atoms with E-state index in [0.717, 1.165) is 37.6 Å². The molecule has 0 bridgehead atoms. The highest BCUT2D eigenvalue weighted by molar-refractivity contribution is 6.38. The summed E-state index contributed by atoms with van der Waals surface area (Å²) in [6.45, 7) is 5.53. The molecule has 8 nitrogen and oxygen atoms in total. The third-order valence-electron chi connectivity index (χ3n) is 6.73. The maximum atomic E-state index is 13.5. The van der Waals surface area contributed by atoms with Gasteiger partial charge in [-0.15, -0.1) is 0 Å². The first-order chi connectivity index (χ1) is 17.1. The fourth-order valence-corrected chi connectivity index (χ4v) is 5.01. The van der Waals surface area contributed by atoms with Gasteiger partial charge in [-0.25, -0.2) is 9.88 Å². The predicted molar refractivity (Wildman–Crippen MR) is 142 cm³/mol. The maximum absolute atomic E-state index is 13.5. The number of piperazine rings is 1. The van der Waals surface area contributed by atoms with Crippen LogP contribution < -0.4 is 20.0 Å². The van der Waals surface area contributed by atoms with Crippen molar-refractivity contribution in [1.29, 1.82) is 0 Å². The molecule has 0 radical (unpaired) electrons. The zero-order valence-electron chi connectivity index (χ0n) is 19.5. The number of carbonyl (C=O) groups is 1. The summed E-state index contributed by atoms with van der Waals surface area (Å²) in [5.41, 5.74) is 4.14. The Morgan fingerprint density at radius 1 is 0.943 bits per heavy atom. The summed E-state index contributed by atoms with van der Waals surface area (Å²) < 4.78 is 0. The van der Waals surface area contributed by atoms with Crippen molar-refractivity contribution in [3.05, 3.63) is 71.4 Å². The number of nitrogens with one attached hydrogen (secondary N) is 1. The molecule has 3 aromatic rings. The van der Waals surface area contributed by atoms with Crippen LogP contribution in [-0.2, 0) is 0 Å². The minimum atomic E-state index is -0.180. The van der Waals surface area contributed by atoms with Gasteiger partial charge in [0, 0.05) is 56.4 Å². The van der Waals surface area contributed by atoms with Crippen molar-refractivity contribution in [2.45, 2.75) is 0 Å². The van der Waals surface area contributed by atoms with Crippen LogP contribution in [0.4, 0.5) is 28.6 Å². The first-order valence-electron chi connectivity index (χ1n) is 11.8. The largest absolute Gasteiger partial charge is 0.369 e. The van der Waals surface area contributed by atoms with Crippen molar-refractivity contribution in [2.75, 3.05) is 66.3 Å². The smallest absolute Gasteiger partial charge is 0.268 e. The van der Waals surface area contributed by atoms with Gasteiger partial charge in [0.2, 0.25) is 5.96 Å². The van der Waals surface area contributed by atoms with E-state index in [4.69, 9.17) is 11.6 Å². The number of nitrogens with zero attached hydrogens (tertiary/aromatic N) is 6. The number of benzene rings is 2. The Bertz CT molecular complexity index is 1300. The lowest BCUT2D eigenvalue weighted by atomic mass is 10.1. The standard InChI is InChI=1S/C26H26ClN7O/c1-31-12-14-32(15-13-31)19-8-6-18(7-9-19)30-24-16-23-20(17-29-24)25(35)34(26-28-10-11-33(23)26)22-5-3-2-4-21(22)27/h2-9,16-17H,10-15H2,1H3,(H,29,30). The summed E-state index contributed by atoms with van der Waals surface area (Å²) in [5, 5.41) is 3.89. The second-order valence-electron chi connectivity index (χ2n) is 8.97. The Morgan fingerprint density at radius 2 is 1.71 bits per heavy atom. The summed E-state index contributed by atoms with van der Waals surface area (Å²) in [6.07, 6.45) is 1.64. The van der Waals surface area contributed by atoms with E-state index in [9.17, 15) is 4.79 Å². The number of guanidine groups is 1. The van der Waals surface area contributed by atoms with Crippen LogP contribution in [0.2, 0.25) is 5.02 Å². The minimum absolute atomic E-state index is 0.180. The molecule has 6 rings (SSSR count). The van der Waals surface area contributed by atoms with E-state index in [2.05, 4.69) is 61.3 Å². The van der Waals surface area contributed by atoms with Crippen molar-refractivity contribution >= 4 is 52.0 Å². The molecule has 178 valence electrons. The van der Waals surface area contributed by atoms with E-state index in [0.29, 0.717) is 41.1 Å². The number of hydrogen-bond donors (Lipinski definition) is 1. The molecule has 4 heterocycles. The van der Waals surface area contributed by atoms with Gasteiger partial charge in [-0.05, 0) is 43.4 Å². The Morgan fingerprint density at radius 3 is 2.49 bits per heavy atom. The predicted octanol–water partition coefficient (Wildman–Crippen LogP) is 4.07. The number of pyridine rings is 1. The maximum Gasteiger partial charge on any atom is 0.268 e. The number of rotatable bonds is 4. The fourth-order valence-electron chi connectivity index (χ4n) is 4.79. The highest BCUT2D eigenvalue weighted by Crippen LogP contribution is 2.37. The van der Waals surface area contributed by atoms with Gasteiger partial charge in [0.05, 0.1) is 28.5 Å². The third kappa shape index (κ3) is 3.98. The van der Waals surface area contributed by atoms with Crippen LogP contribution in [0.5, 0.6) is 0 Å². The molecular weight excluding hydrogens is 462 g/mol. The van der Waals surface area contributed by atoms with Gasteiger partial charge in [0.15, 0.2) is 0 Å². The molecule has 0 saturated carbocycles. The Balaban J connectivity index is 1.25. The fraction of sp³-hybridized carbons (Fsp3) is 0.269. The van der Waals surface area contributed by atoms with Gasteiger partial charge in [-0.2, -0.15) is 0 Å². The number of fused-ring (bicyclic) bond motifs is 3. The molecule has 1 saturated heterocycles. The van der Waals surface area contributed by atoms with Crippen molar-refractivity contribution in [2.24, 2.45) is 4.99 Å². The van der Waals surface area contributed by atoms with Crippen molar-refractivity contribution in [3.63, 3.8) is 0 Å². The summed E-state index contributed by atoms with van der Waals surface area (Å²) in [4.78, 5) is 31.1. The van der Waals surface area contributed by atoms with Gasteiger partial charge in [-0.3, -0.25) is 9.79 Å². The van der Waals surface area contributed by atoms with Crippen molar-refractivity contribution in [3.8, 4) is 0 Å². The van der Waals surface area contributed by atoms with Crippen LogP contribution in [0.1, 0.15) is 10.4 Å². The monoisotopic (exact) mass is 487 g/mol. The third-order valence-corrected chi connectivity index (χ3v) is 7.05. The topological polar surface area (TPSA) is 67.3 Å². The van der Waals surface area contributed by atoms with E-state index < -0.39 is 0 Å². The molecule has 0 unspecified atom stereocenters. The zero-order valence-corrected chi connectivity index (χ0v) is 20.2. The lowest BCUT2D eigenvalue weighted by Gasteiger charge is -2.36. The van der Waals surface area contributed by atoms with E-state index in [1.807, 2.05) is 24.3 Å². The quantitative estimate of drug-likeness (QED) is 0.598. The Kier molecular flexibility index (Phi) is 5.54. The number of likely N-dealkylation sites (N-methyl/N-ethyl adjacent to an activating group) is 1. The number of halogens is 1. The summed E-state index contributed by atoms with van der Waals surface area (Å²) >= 11 is 6.42. The minimum Gasteiger partial charge on any atom is -0.369 e. The SMILES string of the molecule is CN1CCN(c2ccc(Nc3cc4c(cn3)C(=O)N(c3ccccc3Cl)C3=NCCN34)cc2)CC1. The first kappa shape index (κ1) is 21.9. The number of para-hydroxylation sites is 1. The van der Waals surface area contributed by atoms with Crippen LogP contribution in [-0.4, -0.2) is 68.1 Å². The number of aliphatic imine (C=N–C) groups is 1. The molecular formula is C26H26ClN7O. The van der Waals surface area contributed by atoms with E-state index in [-0.39, 0.29) is 5.91 Å². The van der Waals surface area contributed by atoms with Crippen LogP contribution in [0.3, 0.4) is 0 Å². The Hall–Kier alpha value is -3.62. The van der Waals surface area contributed by atoms with Crippen LogP contribution in [0, 0.1) is 0 Å². The van der Waals surface area contributed by atoms with E-state index in [1.165, 1.54) is 5.69 Å². The average molecular weight is 488 g/mol. The molecule has 1 N–H and O–H groups in total. The van der Waals surface area contributed by atoms with Gasteiger partial charge >= 0.3 is 0 Å². The summed E-state index contributed by atoms with van der Waals surface area (Å²) in [5.74, 6) is 1.10. The van der Waals surface area contributed by atoms with Gasteiger partial charge in [0.25, 0.3) is 5.91 Å². The molecule has 3 aliphatic rings. The number of carbonyl (C=O) groups excluding carboxylic acids is 1. The lowest BCUT2D eigenvalue weighted by molar-refractivity contribution is 0.1000. The van der Waals surface area contributed by atoms with Crippen LogP contribution in [0.25, 0.3) is 0 Å². The van der Waals surface area contributed by atoms with Gasteiger partial charge in [-0.1, -0.05) is 23.7 Å². The molecule has 2 aromatic carbocycles. The van der Waals surface area contributed by atoms with Crippen LogP contribution in [0.15, 0.2) is 65.8 Å². The van der Waals surface area contributed by atoms with Crippen molar-refractivity contribution in [1.82, 2.24) is 9.88 Å². The van der Waals surface area contributed by atoms with E-state index in [1.54, 1.807) is 17.2 Å². The zero-order chi connectivity index (χ0) is 23.9. The normalized spacial score (nSPS) is 17.8. The van der Waals surface area contributed by atoms with E-state index >= 15 is 0 Å². The second kappa shape index (κ2) is 8.87.